The lowest BCUT2D eigenvalue weighted by atomic mass is 9.82. The average Bonchev–Trinajstić information content (AvgIpc) is 2.88. The Morgan fingerprint density at radius 3 is 1.21 bits per heavy atom. The van der Waals surface area contributed by atoms with E-state index in [1.165, 1.54) is 36.4 Å². The number of rotatable bonds is 6. The molecule has 10 heteroatoms. The molecule has 192 valence electrons. The summed E-state index contributed by atoms with van der Waals surface area (Å²) in [6.45, 7) is 3.27. The largest absolute Gasteiger partial charge is 0.288 e. The number of ketones is 2. The second kappa shape index (κ2) is 9.23. The van der Waals surface area contributed by atoms with Crippen LogP contribution in [0.25, 0.3) is 0 Å². The Hall–Kier alpha value is -4.28. The molecule has 0 atom stereocenters. The lowest BCUT2D eigenvalue weighted by Gasteiger charge is -2.24. The number of nitrogens with one attached hydrogen (secondary N) is 2. The van der Waals surface area contributed by atoms with E-state index in [1.54, 1.807) is 62.4 Å². The minimum absolute atomic E-state index is 0.00747. The third-order valence-electron chi connectivity index (χ3n) is 6.33. The van der Waals surface area contributed by atoms with Crippen LogP contribution in [0.1, 0.15) is 43.0 Å². The minimum atomic E-state index is -4.14. The van der Waals surface area contributed by atoms with Gasteiger partial charge in [0.05, 0.1) is 32.3 Å². The number of benzene rings is 4. The summed E-state index contributed by atoms with van der Waals surface area (Å²) in [6, 6.07) is 21.4. The van der Waals surface area contributed by atoms with Crippen LogP contribution in [0.15, 0.2) is 94.7 Å². The van der Waals surface area contributed by atoms with Crippen molar-refractivity contribution in [1.82, 2.24) is 0 Å². The molecule has 5 rings (SSSR count). The van der Waals surface area contributed by atoms with Crippen molar-refractivity contribution < 1.29 is 26.4 Å². The average molecular weight is 547 g/mol. The second-order valence-corrected chi connectivity index (χ2v) is 12.2. The van der Waals surface area contributed by atoms with Gasteiger partial charge in [-0.1, -0.05) is 60.7 Å². The molecule has 4 aromatic rings. The maximum absolute atomic E-state index is 13.6. The molecule has 0 aromatic heterocycles. The zero-order valence-electron chi connectivity index (χ0n) is 20.3. The molecule has 2 N–H and O–H groups in total. The standard InChI is InChI=1S/C28H22N2O6S2/c1-17-9-3-7-13-23(17)37(33,34)29-21-15-16-22(30-38(35,36)24-14-8-4-10-18(24)2)26-25(21)27(31)19-11-5-6-12-20(19)28(26)32/h3-16,29-30H,1-2H3. The molecule has 0 saturated heterocycles. The number of carbonyl (C=O) groups is 2. The van der Waals surface area contributed by atoms with E-state index in [9.17, 15) is 26.4 Å². The minimum Gasteiger partial charge on any atom is -0.288 e. The fourth-order valence-corrected chi connectivity index (χ4v) is 7.15. The first-order valence-electron chi connectivity index (χ1n) is 11.5. The Morgan fingerprint density at radius 2 is 0.842 bits per heavy atom. The Labute approximate surface area is 220 Å². The van der Waals surface area contributed by atoms with Crippen LogP contribution in [0, 0.1) is 13.8 Å². The number of hydrogen-bond donors (Lipinski definition) is 2. The molecule has 0 unspecified atom stereocenters. The van der Waals surface area contributed by atoms with E-state index in [-0.39, 0.29) is 43.4 Å². The topological polar surface area (TPSA) is 126 Å². The van der Waals surface area contributed by atoms with Crippen molar-refractivity contribution in [2.45, 2.75) is 23.6 Å². The van der Waals surface area contributed by atoms with Crippen molar-refractivity contribution in [2.24, 2.45) is 0 Å². The predicted octanol–water partition coefficient (Wildman–Crippen LogP) is 4.68. The van der Waals surface area contributed by atoms with Gasteiger partial charge in [0.15, 0.2) is 11.6 Å². The van der Waals surface area contributed by atoms with Gasteiger partial charge < -0.3 is 0 Å². The van der Waals surface area contributed by atoms with Crippen LogP contribution >= 0.6 is 0 Å². The van der Waals surface area contributed by atoms with Crippen LogP contribution < -0.4 is 9.44 Å². The third-order valence-corrected chi connectivity index (χ3v) is 9.38. The molecule has 0 bridgehead atoms. The molecule has 8 nitrogen and oxygen atoms in total. The molecule has 38 heavy (non-hydrogen) atoms. The molecule has 1 aliphatic carbocycles. The number of anilines is 2. The highest BCUT2D eigenvalue weighted by Gasteiger charge is 2.36. The van der Waals surface area contributed by atoms with Gasteiger partial charge in [0.25, 0.3) is 20.0 Å². The van der Waals surface area contributed by atoms with Crippen LogP contribution in [0.5, 0.6) is 0 Å². The summed E-state index contributed by atoms with van der Waals surface area (Å²) in [7, 11) is -8.29. The van der Waals surface area contributed by atoms with Gasteiger partial charge in [0, 0.05) is 11.1 Å². The zero-order chi connectivity index (χ0) is 27.2. The van der Waals surface area contributed by atoms with Crippen molar-refractivity contribution in [1.29, 1.82) is 0 Å². The van der Waals surface area contributed by atoms with Gasteiger partial charge in [-0.05, 0) is 49.2 Å². The van der Waals surface area contributed by atoms with Crippen molar-refractivity contribution in [2.75, 3.05) is 9.44 Å². The molecule has 1 aliphatic rings. The van der Waals surface area contributed by atoms with Crippen LogP contribution in [-0.4, -0.2) is 28.4 Å². The van der Waals surface area contributed by atoms with Gasteiger partial charge in [-0.3, -0.25) is 19.0 Å². The first-order valence-corrected chi connectivity index (χ1v) is 14.5. The smallest absolute Gasteiger partial charge is 0.262 e. The molecular formula is C28H22N2O6S2. The summed E-state index contributed by atoms with van der Waals surface area (Å²) in [5.74, 6) is -1.20. The maximum atomic E-state index is 13.6. The van der Waals surface area contributed by atoms with Crippen LogP contribution in [0.3, 0.4) is 0 Å². The van der Waals surface area contributed by atoms with Crippen molar-refractivity contribution in [3.05, 3.63) is 118 Å². The Balaban J connectivity index is 1.69. The summed E-state index contributed by atoms with van der Waals surface area (Å²) in [6.07, 6.45) is 0. The van der Waals surface area contributed by atoms with Gasteiger partial charge in [-0.2, -0.15) is 0 Å². The highest BCUT2D eigenvalue weighted by atomic mass is 32.2. The van der Waals surface area contributed by atoms with E-state index < -0.39 is 31.6 Å². The maximum Gasteiger partial charge on any atom is 0.262 e. The highest BCUT2D eigenvalue weighted by Crippen LogP contribution is 2.38. The third kappa shape index (κ3) is 4.27. The lowest BCUT2D eigenvalue weighted by molar-refractivity contribution is 0.0980. The summed E-state index contributed by atoms with van der Waals surface area (Å²) in [5.41, 5.74) is 0.463. The Morgan fingerprint density at radius 1 is 0.500 bits per heavy atom. The number of aryl methyl sites for hydroxylation is 2. The van der Waals surface area contributed by atoms with E-state index in [2.05, 4.69) is 9.44 Å². The van der Waals surface area contributed by atoms with Gasteiger partial charge in [-0.15, -0.1) is 0 Å². The van der Waals surface area contributed by atoms with Crippen molar-refractivity contribution >= 4 is 43.0 Å². The summed E-state index contributed by atoms with van der Waals surface area (Å²) < 4.78 is 57.9. The van der Waals surface area contributed by atoms with Gasteiger partial charge in [0.2, 0.25) is 0 Å². The molecule has 0 aliphatic heterocycles. The SMILES string of the molecule is Cc1ccccc1S(=O)(=O)Nc1ccc(NS(=O)(=O)c2ccccc2C)c2c1C(=O)c1ccccc1C2=O. The quantitative estimate of drug-likeness (QED) is 0.318. The van der Waals surface area contributed by atoms with E-state index in [0.29, 0.717) is 11.1 Å². The van der Waals surface area contributed by atoms with Gasteiger partial charge in [0.1, 0.15) is 0 Å². The van der Waals surface area contributed by atoms with Gasteiger partial charge >= 0.3 is 0 Å². The number of fused-ring (bicyclic) bond motifs is 2. The lowest BCUT2D eigenvalue weighted by Crippen LogP contribution is -2.26. The number of sulfonamides is 2. The highest BCUT2D eigenvalue weighted by molar-refractivity contribution is 7.93. The fraction of sp³-hybridized carbons (Fsp3) is 0.0714. The van der Waals surface area contributed by atoms with Crippen molar-refractivity contribution in [3.63, 3.8) is 0 Å². The van der Waals surface area contributed by atoms with Crippen molar-refractivity contribution in [3.8, 4) is 0 Å². The summed E-state index contributed by atoms with van der Waals surface area (Å²) in [5, 5.41) is 0. The van der Waals surface area contributed by atoms with Crippen LogP contribution in [0.2, 0.25) is 0 Å². The van der Waals surface area contributed by atoms with Gasteiger partial charge in [-0.25, -0.2) is 16.8 Å². The van der Waals surface area contributed by atoms with Crippen LogP contribution in [0.4, 0.5) is 11.4 Å². The number of carbonyl (C=O) groups excluding carboxylic acids is 2. The zero-order valence-corrected chi connectivity index (χ0v) is 22.0. The van der Waals surface area contributed by atoms with Crippen LogP contribution in [-0.2, 0) is 20.0 Å². The Kier molecular flexibility index (Phi) is 6.16. The molecule has 0 saturated carbocycles. The molecule has 0 spiro atoms. The second-order valence-electron chi connectivity index (χ2n) is 8.86. The fourth-order valence-electron chi connectivity index (χ4n) is 4.51. The first kappa shape index (κ1) is 25.4. The van der Waals surface area contributed by atoms with E-state index >= 15 is 0 Å². The molecule has 0 amide bonds. The Bertz CT molecular complexity index is 1730. The molecular weight excluding hydrogens is 524 g/mol. The first-order chi connectivity index (χ1) is 18.0. The summed E-state index contributed by atoms with van der Waals surface area (Å²) in [4.78, 5) is 27.3. The molecule has 0 heterocycles. The summed E-state index contributed by atoms with van der Waals surface area (Å²) >= 11 is 0. The predicted molar refractivity (Wildman–Crippen MR) is 144 cm³/mol. The molecule has 0 fully saturated rings. The monoisotopic (exact) mass is 546 g/mol. The molecule has 4 aromatic carbocycles. The molecule has 0 radical (unpaired) electrons. The van der Waals surface area contributed by atoms with E-state index in [4.69, 9.17) is 0 Å². The van der Waals surface area contributed by atoms with E-state index in [0.717, 1.165) is 0 Å². The normalized spacial score (nSPS) is 13.0. The van der Waals surface area contributed by atoms with E-state index in [1.807, 2.05) is 0 Å². The number of hydrogen-bond acceptors (Lipinski definition) is 6.